The molecule has 6 aliphatic heterocycles. The molecule has 0 unspecified atom stereocenters. The monoisotopic (exact) mass is 1060 g/mol. The Morgan fingerprint density at radius 1 is 0.548 bits per heavy atom. The molecule has 0 saturated carbocycles. The highest BCUT2D eigenvalue weighted by atomic mass is 16.8. The van der Waals surface area contributed by atoms with Crippen molar-refractivity contribution in [1.82, 2.24) is 0 Å². The zero-order valence-electron chi connectivity index (χ0n) is 43.0. The summed E-state index contributed by atoms with van der Waals surface area (Å²) in [5.74, 6) is -1.85. The van der Waals surface area contributed by atoms with Gasteiger partial charge in [-0.25, -0.2) is 0 Å². The van der Waals surface area contributed by atoms with Gasteiger partial charge in [0.2, 0.25) is 0 Å². The van der Waals surface area contributed by atoms with Crippen LogP contribution in [-0.2, 0) is 66.4 Å². The average Bonchev–Trinajstić information content (AvgIpc) is 3.35. The van der Waals surface area contributed by atoms with Gasteiger partial charge in [0, 0.05) is 6.42 Å². The average molecular weight is 1060 g/mol. The second-order valence-corrected chi connectivity index (χ2v) is 20.6. The standard InChI is InChI=1S/C49H84O24/c1-8-17-26-18-15-13-11-10-12-14-16-19-28(51)68-43-36(59)39(24(6)65-49(43)73-42-32(55)29(52)22(4)62-48(42)66-26)70-47-37(60)41(72-46-34(57)31(54)30(53)27(20-50)67-46)40(25(7)64-47)71-45-35(58)33(56)38(23(5)63-45)69-44(61)21(3)9-2/h21-27,29-43,45-50,52-60H,8-20H2,1-7H3/t21-,22+,23-,24-,25-,26-,27+,29-,30+,31-,32-,33-,34+,35+,36+,37+,38-,39-,40-,41-,42+,43+,45-,46-,47-,48-,49-/m0/s1. The highest BCUT2D eigenvalue weighted by molar-refractivity contribution is 5.72. The van der Waals surface area contributed by atoms with E-state index >= 15 is 0 Å². The smallest absolute Gasteiger partial charge is 0.309 e. The van der Waals surface area contributed by atoms with Gasteiger partial charge in [-0.1, -0.05) is 65.7 Å². The van der Waals surface area contributed by atoms with Crippen LogP contribution in [0.5, 0.6) is 0 Å². The molecule has 0 aliphatic carbocycles. The van der Waals surface area contributed by atoms with Gasteiger partial charge in [0.1, 0.15) is 85.5 Å². The first-order valence-electron chi connectivity index (χ1n) is 26.4. The molecule has 24 nitrogen and oxygen atoms in total. The van der Waals surface area contributed by atoms with Gasteiger partial charge in [0.05, 0.1) is 43.0 Å². The summed E-state index contributed by atoms with van der Waals surface area (Å²) in [7, 11) is 0. The molecule has 0 aromatic rings. The van der Waals surface area contributed by atoms with Gasteiger partial charge in [-0.15, -0.1) is 0 Å². The number of carbonyl (C=O) groups is 2. The summed E-state index contributed by atoms with van der Waals surface area (Å²) < 4.78 is 73.0. The molecule has 24 heteroatoms. The second-order valence-electron chi connectivity index (χ2n) is 20.6. The van der Waals surface area contributed by atoms with Crippen LogP contribution in [0.15, 0.2) is 0 Å². The van der Waals surface area contributed by atoms with Gasteiger partial charge in [0.15, 0.2) is 43.7 Å². The maximum absolute atomic E-state index is 13.6. The summed E-state index contributed by atoms with van der Waals surface area (Å²) >= 11 is 0. The van der Waals surface area contributed by atoms with Crippen molar-refractivity contribution in [3.8, 4) is 0 Å². The maximum atomic E-state index is 13.6. The molecule has 6 saturated heterocycles. The molecule has 0 aromatic heterocycles. The van der Waals surface area contributed by atoms with Crippen molar-refractivity contribution in [2.24, 2.45) is 5.92 Å². The molecule has 0 amide bonds. The van der Waals surface area contributed by atoms with E-state index in [-0.39, 0.29) is 12.5 Å². The lowest BCUT2D eigenvalue weighted by atomic mass is 9.95. The molecule has 73 heavy (non-hydrogen) atoms. The van der Waals surface area contributed by atoms with Gasteiger partial charge in [-0.05, 0) is 53.4 Å². The number of hydrogen-bond donors (Lipinski definition) is 10. The van der Waals surface area contributed by atoms with E-state index in [0.717, 1.165) is 44.9 Å². The van der Waals surface area contributed by atoms with Crippen LogP contribution in [0.2, 0.25) is 0 Å². The Morgan fingerprint density at radius 3 is 1.75 bits per heavy atom. The fourth-order valence-electron chi connectivity index (χ4n) is 10.1. The van der Waals surface area contributed by atoms with E-state index in [2.05, 4.69) is 0 Å². The van der Waals surface area contributed by atoms with Crippen molar-refractivity contribution < 1.29 is 117 Å². The Hall–Kier alpha value is -1.86. The zero-order chi connectivity index (χ0) is 53.4. The Morgan fingerprint density at radius 2 is 1.10 bits per heavy atom. The fraction of sp³-hybridized carbons (Fsp3) is 0.959. The van der Waals surface area contributed by atoms with Crippen LogP contribution in [0.1, 0.15) is 126 Å². The van der Waals surface area contributed by atoms with E-state index in [9.17, 15) is 60.7 Å². The third-order valence-corrected chi connectivity index (χ3v) is 15.0. The number of hydrogen-bond acceptors (Lipinski definition) is 24. The first-order chi connectivity index (χ1) is 34.7. The lowest BCUT2D eigenvalue weighted by molar-refractivity contribution is -0.400. The summed E-state index contributed by atoms with van der Waals surface area (Å²) in [5.41, 5.74) is 0. The molecular weight excluding hydrogens is 973 g/mol. The Balaban J connectivity index is 1.26. The fourth-order valence-corrected chi connectivity index (χ4v) is 10.1. The molecule has 6 fully saturated rings. The van der Waals surface area contributed by atoms with E-state index in [1.165, 1.54) is 20.8 Å². The van der Waals surface area contributed by atoms with E-state index in [1.807, 2.05) is 6.92 Å². The number of ether oxygens (including phenoxy) is 12. The molecule has 424 valence electrons. The zero-order valence-corrected chi connectivity index (χ0v) is 43.0. The summed E-state index contributed by atoms with van der Waals surface area (Å²) in [6, 6.07) is 0. The van der Waals surface area contributed by atoms with Crippen LogP contribution in [-0.4, -0.2) is 229 Å². The van der Waals surface area contributed by atoms with Crippen LogP contribution in [0.4, 0.5) is 0 Å². The van der Waals surface area contributed by atoms with E-state index in [4.69, 9.17) is 56.8 Å². The van der Waals surface area contributed by atoms with Gasteiger partial charge >= 0.3 is 11.9 Å². The molecule has 0 aromatic carbocycles. The van der Waals surface area contributed by atoms with Crippen molar-refractivity contribution >= 4 is 11.9 Å². The Kier molecular flexibility index (Phi) is 22.9. The molecule has 27 atom stereocenters. The minimum absolute atomic E-state index is 0.0216. The number of aliphatic hydroxyl groups is 10. The topological polar surface area (TPSA) is 347 Å². The van der Waals surface area contributed by atoms with Crippen molar-refractivity contribution in [2.75, 3.05) is 6.61 Å². The Labute approximate surface area is 426 Å². The van der Waals surface area contributed by atoms with Crippen molar-refractivity contribution in [2.45, 2.75) is 285 Å². The molecule has 10 N–H and O–H groups in total. The molecular formula is C49H84O24. The molecule has 0 spiro atoms. The predicted octanol–water partition coefficient (Wildman–Crippen LogP) is -0.949. The number of esters is 2. The van der Waals surface area contributed by atoms with Crippen molar-refractivity contribution in [3.63, 3.8) is 0 Å². The second kappa shape index (κ2) is 27.6. The van der Waals surface area contributed by atoms with Gasteiger partial charge in [-0.2, -0.15) is 0 Å². The third kappa shape index (κ3) is 14.6. The van der Waals surface area contributed by atoms with Crippen molar-refractivity contribution in [3.05, 3.63) is 0 Å². The highest BCUT2D eigenvalue weighted by Gasteiger charge is 2.57. The SMILES string of the molecule is CCC[C@H]1CCCCCCCCCC(=O)O[C@H]2[C@H](O[C@H]3[C@H](O1)O[C@H](C)[C@H](O)[C@@H]3O)O[C@@H](C)[C@H](O[C@@H]1O[C@@H](C)[C@H](O[C@@H]3O[C@@H](C)[C@H](OC(=O)[C@@H](C)CC)[C@@H](O)[C@H]3O)[C@@H](O[C@@H]3O[C@H](CO)[C@@H](O)[C@H](O)[C@H]3O)[C@H]1O)[C@H]2O. The Bertz CT molecular complexity index is 1680. The number of rotatable bonds is 12. The molecule has 6 rings (SSSR count). The van der Waals surface area contributed by atoms with E-state index < -0.39 is 178 Å². The number of fused-ring (bicyclic) bond motifs is 2. The minimum atomic E-state index is -1.99. The molecule has 6 aliphatic rings. The lowest BCUT2D eigenvalue weighted by Gasteiger charge is -2.50. The molecule has 0 bridgehead atoms. The van der Waals surface area contributed by atoms with Gasteiger partial charge in [-0.3, -0.25) is 9.59 Å². The van der Waals surface area contributed by atoms with Crippen LogP contribution < -0.4 is 0 Å². The number of carbonyl (C=O) groups excluding carboxylic acids is 2. The summed E-state index contributed by atoms with van der Waals surface area (Å²) in [5, 5.41) is 112. The van der Waals surface area contributed by atoms with Gasteiger partial charge < -0.3 is 108 Å². The van der Waals surface area contributed by atoms with Crippen LogP contribution in [0.3, 0.4) is 0 Å². The maximum Gasteiger partial charge on any atom is 0.309 e. The number of aliphatic hydroxyl groups excluding tert-OH is 10. The van der Waals surface area contributed by atoms with Crippen LogP contribution in [0, 0.1) is 5.92 Å². The first-order valence-corrected chi connectivity index (χ1v) is 26.4. The van der Waals surface area contributed by atoms with Crippen LogP contribution in [0.25, 0.3) is 0 Å². The summed E-state index contributed by atoms with van der Waals surface area (Å²) in [6.45, 7) is 10.6. The highest BCUT2D eigenvalue weighted by Crippen LogP contribution is 2.38. The van der Waals surface area contributed by atoms with Gasteiger partial charge in [0.25, 0.3) is 0 Å². The lowest BCUT2D eigenvalue weighted by Crippen LogP contribution is -2.68. The van der Waals surface area contributed by atoms with E-state index in [1.54, 1.807) is 20.8 Å². The first kappa shape index (κ1) is 60.4. The van der Waals surface area contributed by atoms with Crippen LogP contribution >= 0.6 is 0 Å². The molecule has 6 heterocycles. The predicted molar refractivity (Wildman–Crippen MR) is 247 cm³/mol. The van der Waals surface area contributed by atoms with Crippen molar-refractivity contribution in [1.29, 1.82) is 0 Å². The normalized spacial score (nSPS) is 47.4. The minimum Gasteiger partial charge on any atom is -0.457 e. The quantitative estimate of drug-likeness (QED) is 0.105. The molecule has 0 radical (unpaired) electrons. The summed E-state index contributed by atoms with van der Waals surface area (Å²) in [4.78, 5) is 26.2. The van der Waals surface area contributed by atoms with E-state index in [0.29, 0.717) is 25.7 Å². The third-order valence-electron chi connectivity index (χ3n) is 15.0. The summed E-state index contributed by atoms with van der Waals surface area (Å²) in [6.07, 6.45) is -30.8. The largest absolute Gasteiger partial charge is 0.457 e.